The van der Waals surface area contributed by atoms with Crippen LogP contribution in [0, 0.1) is 6.92 Å². The van der Waals surface area contributed by atoms with Gasteiger partial charge in [-0.3, -0.25) is 4.98 Å². The maximum Gasteiger partial charge on any atom is 0.133 e. The summed E-state index contributed by atoms with van der Waals surface area (Å²) in [5.41, 5.74) is 8.94. The van der Waals surface area contributed by atoms with E-state index in [0.717, 1.165) is 5.56 Å². The van der Waals surface area contributed by atoms with Gasteiger partial charge in [-0.05, 0) is 18.6 Å². The minimum atomic E-state index is 0.660. The zero-order chi connectivity index (χ0) is 10.1. The van der Waals surface area contributed by atoms with E-state index < -0.39 is 0 Å². The van der Waals surface area contributed by atoms with Crippen molar-refractivity contribution in [3.05, 3.63) is 24.0 Å². The van der Waals surface area contributed by atoms with Gasteiger partial charge in [-0.1, -0.05) is 0 Å². The van der Waals surface area contributed by atoms with Gasteiger partial charge in [0.05, 0.1) is 11.9 Å². The average molecular weight is 189 g/mol. The summed E-state index contributed by atoms with van der Waals surface area (Å²) in [5.74, 6) is 0. The molecule has 72 valence electrons. The molecule has 0 aliphatic carbocycles. The molecule has 5 nitrogen and oxygen atoms in total. The molecule has 2 N–H and O–H groups in total. The van der Waals surface area contributed by atoms with Gasteiger partial charge in [-0.2, -0.15) is 15.0 Å². The van der Waals surface area contributed by atoms with Crippen LogP contribution in [-0.4, -0.2) is 20.0 Å². The van der Waals surface area contributed by atoms with E-state index in [-0.39, 0.29) is 0 Å². The van der Waals surface area contributed by atoms with Crippen molar-refractivity contribution in [3.63, 3.8) is 0 Å². The van der Waals surface area contributed by atoms with Crippen LogP contribution in [0.5, 0.6) is 0 Å². The number of pyridine rings is 1. The summed E-state index contributed by atoms with van der Waals surface area (Å²) in [7, 11) is 1.76. The minimum absolute atomic E-state index is 0.660. The van der Waals surface area contributed by atoms with Gasteiger partial charge in [0.15, 0.2) is 0 Å². The lowest BCUT2D eigenvalue weighted by Crippen LogP contribution is -1.97. The number of hydrogen-bond donors (Lipinski definition) is 1. The van der Waals surface area contributed by atoms with Crippen LogP contribution in [0.3, 0.4) is 0 Å². The summed E-state index contributed by atoms with van der Waals surface area (Å²) in [6, 6.07) is 1.87. The van der Waals surface area contributed by atoms with Gasteiger partial charge in [-0.25, -0.2) is 0 Å². The molecule has 2 aromatic heterocycles. The second-order valence-corrected chi connectivity index (χ2v) is 3.11. The molecule has 0 radical (unpaired) electrons. The van der Waals surface area contributed by atoms with Crippen molar-refractivity contribution in [2.45, 2.75) is 6.92 Å². The molecule has 2 heterocycles. The Kier molecular flexibility index (Phi) is 1.92. The van der Waals surface area contributed by atoms with Crippen LogP contribution in [-0.2, 0) is 7.05 Å². The van der Waals surface area contributed by atoms with Crippen LogP contribution in [0.25, 0.3) is 11.4 Å². The monoisotopic (exact) mass is 189 g/mol. The van der Waals surface area contributed by atoms with Crippen molar-refractivity contribution in [1.29, 1.82) is 0 Å². The smallest absolute Gasteiger partial charge is 0.133 e. The summed E-state index contributed by atoms with van der Waals surface area (Å²) in [4.78, 5) is 5.67. The SMILES string of the molecule is Cc1ccnc(-c2cnn(C)n2)c1N. The van der Waals surface area contributed by atoms with Gasteiger partial charge >= 0.3 is 0 Å². The molecule has 2 aromatic rings. The fourth-order valence-corrected chi connectivity index (χ4v) is 1.23. The third kappa shape index (κ3) is 1.32. The maximum absolute atomic E-state index is 5.88. The van der Waals surface area contributed by atoms with E-state index >= 15 is 0 Å². The van der Waals surface area contributed by atoms with Crippen LogP contribution in [0.1, 0.15) is 5.56 Å². The lowest BCUT2D eigenvalue weighted by atomic mass is 10.2. The topological polar surface area (TPSA) is 69.6 Å². The van der Waals surface area contributed by atoms with Gasteiger partial charge in [0.2, 0.25) is 0 Å². The Bertz CT molecular complexity index is 460. The molecule has 0 saturated carbocycles. The van der Waals surface area contributed by atoms with Crippen molar-refractivity contribution in [1.82, 2.24) is 20.0 Å². The first-order chi connectivity index (χ1) is 6.68. The molecule has 14 heavy (non-hydrogen) atoms. The van der Waals surface area contributed by atoms with Gasteiger partial charge in [-0.15, -0.1) is 0 Å². The lowest BCUT2D eigenvalue weighted by Gasteiger charge is -2.03. The largest absolute Gasteiger partial charge is 0.397 e. The number of rotatable bonds is 1. The third-order valence-corrected chi connectivity index (χ3v) is 2.05. The Hall–Kier alpha value is -1.91. The van der Waals surface area contributed by atoms with Gasteiger partial charge in [0, 0.05) is 13.2 Å². The number of aryl methyl sites for hydroxylation is 2. The summed E-state index contributed by atoms with van der Waals surface area (Å²) in [6.45, 7) is 1.94. The quantitative estimate of drug-likeness (QED) is 0.719. The first-order valence-corrected chi connectivity index (χ1v) is 4.26. The number of nitrogens with two attached hydrogens (primary N) is 1. The molecule has 0 spiro atoms. The molecule has 0 aromatic carbocycles. The van der Waals surface area contributed by atoms with E-state index in [4.69, 9.17) is 5.73 Å². The van der Waals surface area contributed by atoms with Crippen LogP contribution in [0.15, 0.2) is 18.5 Å². The van der Waals surface area contributed by atoms with Gasteiger partial charge in [0.25, 0.3) is 0 Å². The number of hydrogen-bond acceptors (Lipinski definition) is 4. The van der Waals surface area contributed by atoms with Crippen LogP contribution in [0.4, 0.5) is 5.69 Å². The minimum Gasteiger partial charge on any atom is -0.397 e. The summed E-state index contributed by atoms with van der Waals surface area (Å²) >= 11 is 0. The highest BCUT2D eigenvalue weighted by atomic mass is 15.4. The van der Waals surface area contributed by atoms with E-state index in [1.807, 2.05) is 13.0 Å². The van der Waals surface area contributed by atoms with Crippen LogP contribution in [0.2, 0.25) is 0 Å². The van der Waals surface area contributed by atoms with Crippen molar-refractivity contribution >= 4 is 5.69 Å². The first kappa shape index (κ1) is 8.68. The molecule has 0 bridgehead atoms. The normalized spacial score (nSPS) is 10.4. The highest BCUT2D eigenvalue weighted by molar-refractivity contribution is 5.71. The Morgan fingerprint density at radius 1 is 1.43 bits per heavy atom. The number of nitrogens with zero attached hydrogens (tertiary/aromatic N) is 4. The van der Waals surface area contributed by atoms with E-state index in [9.17, 15) is 0 Å². The fraction of sp³-hybridized carbons (Fsp3) is 0.222. The predicted molar refractivity (Wildman–Crippen MR) is 53.4 cm³/mol. The molecule has 0 aliphatic heterocycles. The van der Waals surface area contributed by atoms with Crippen molar-refractivity contribution in [2.24, 2.45) is 7.05 Å². The van der Waals surface area contributed by atoms with Crippen molar-refractivity contribution < 1.29 is 0 Å². The van der Waals surface area contributed by atoms with Crippen LogP contribution < -0.4 is 5.73 Å². The Labute approximate surface area is 81.6 Å². The van der Waals surface area contributed by atoms with Crippen LogP contribution >= 0.6 is 0 Å². The third-order valence-electron chi connectivity index (χ3n) is 2.05. The standard InChI is InChI=1S/C9H11N5/c1-6-3-4-11-9(8(6)10)7-5-12-14(2)13-7/h3-5H,10H2,1-2H3. The highest BCUT2D eigenvalue weighted by Crippen LogP contribution is 2.22. The number of aromatic nitrogens is 4. The lowest BCUT2D eigenvalue weighted by molar-refractivity contribution is 0.655. The molecular weight excluding hydrogens is 178 g/mol. The van der Waals surface area contributed by atoms with E-state index in [0.29, 0.717) is 17.1 Å². The van der Waals surface area contributed by atoms with Gasteiger partial charge < -0.3 is 5.73 Å². The molecule has 5 heteroatoms. The Balaban J connectivity index is 2.57. The molecule has 0 aliphatic rings. The summed E-state index contributed by atoms with van der Waals surface area (Å²) in [5, 5.41) is 8.12. The first-order valence-electron chi connectivity index (χ1n) is 4.26. The van der Waals surface area contributed by atoms with E-state index in [1.165, 1.54) is 4.80 Å². The Morgan fingerprint density at radius 2 is 2.21 bits per heavy atom. The zero-order valence-electron chi connectivity index (χ0n) is 8.10. The van der Waals surface area contributed by atoms with Crippen molar-refractivity contribution in [2.75, 3.05) is 5.73 Å². The molecule has 2 rings (SSSR count). The van der Waals surface area contributed by atoms with Gasteiger partial charge in [0.1, 0.15) is 11.4 Å². The second kappa shape index (κ2) is 3.10. The molecule has 0 atom stereocenters. The number of nitrogen functional groups attached to an aromatic ring is 1. The van der Waals surface area contributed by atoms with E-state index in [1.54, 1.807) is 19.4 Å². The average Bonchev–Trinajstić information content (AvgIpc) is 2.57. The summed E-state index contributed by atoms with van der Waals surface area (Å²) < 4.78 is 0. The molecule has 0 saturated heterocycles. The molecule has 0 fully saturated rings. The Morgan fingerprint density at radius 3 is 2.86 bits per heavy atom. The highest BCUT2D eigenvalue weighted by Gasteiger charge is 2.08. The maximum atomic E-state index is 5.88. The molecular formula is C9H11N5. The second-order valence-electron chi connectivity index (χ2n) is 3.11. The fourth-order valence-electron chi connectivity index (χ4n) is 1.23. The summed E-state index contributed by atoms with van der Waals surface area (Å²) in [6.07, 6.45) is 3.37. The molecule has 0 amide bonds. The van der Waals surface area contributed by atoms with E-state index in [2.05, 4.69) is 15.2 Å². The van der Waals surface area contributed by atoms with Crippen molar-refractivity contribution in [3.8, 4) is 11.4 Å². The molecule has 0 unspecified atom stereocenters. The predicted octanol–water partition coefficient (Wildman–Crippen LogP) is 0.768. The number of anilines is 1. The zero-order valence-corrected chi connectivity index (χ0v) is 8.10.